The highest BCUT2D eigenvalue weighted by Gasteiger charge is 1.99. The van der Waals surface area contributed by atoms with Gasteiger partial charge in [0, 0.05) is 6.07 Å². The molecule has 0 aliphatic rings. The van der Waals surface area contributed by atoms with Crippen molar-refractivity contribution in [3.63, 3.8) is 0 Å². The SMILES string of the molecule is C[n+]1ccccc1N=N.[Cl-]. The minimum Gasteiger partial charge on any atom is -1.00 e. The summed E-state index contributed by atoms with van der Waals surface area (Å²) in [6, 6.07) is 5.54. The Hall–Kier alpha value is -0.960. The average molecular weight is 158 g/mol. The van der Waals surface area contributed by atoms with Gasteiger partial charge in [0.1, 0.15) is 0 Å². The number of nitrogens with one attached hydrogen (secondary N) is 1. The van der Waals surface area contributed by atoms with Crippen molar-refractivity contribution < 1.29 is 17.0 Å². The highest BCUT2D eigenvalue weighted by molar-refractivity contribution is 5.16. The first-order chi connectivity index (χ1) is 4.34. The second kappa shape index (κ2) is 3.95. The molecule has 1 heterocycles. The molecule has 0 aromatic carbocycles. The lowest BCUT2D eigenvalue weighted by Gasteiger charge is -1.87. The molecule has 0 bridgehead atoms. The fourth-order valence-electron chi connectivity index (χ4n) is 0.630. The first kappa shape index (κ1) is 9.04. The average Bonchev–Trinajstić information content (AvgIpc) is 1.89. The van der Waals surface area contributed by atoms with Crippen molar-refractivity contribution >= 4 is 5.82 Å². The van der Waals surface area contributed by atoms with E-state index in [0.29, 0.717) is 5.82 Å². The summed E-state index contributed by atoms with van der Waals surface area (Å²) < 4.78 is 1.78. The minimum atomic E-state index is 0. The van der Waals surface area contributed by atoms with Gasteiger partial charge < -0.3 is 12.4 Å². The van der Waals surface area contributed by atoms with E-state index in [0.717, 1.165) is 0 Å². The Kier molecular flexibility index (Phi) is 3.57. The molecule has 0 radical (unpaired) electrons. The van der Waals surface area contributed by atoms with Crippen LogP contribution in [-0.2, 0) is 7.05 Å². The molecule has 0 saturated carbocycles. The number of aryl methyl sites for hydroxylation is 1. The van der Waals surface area contributed by atoms with Crippen molar-refractivity contribution in [3.05, 3.63) is 24.4 Å². The zero-order valence-electron chi connectivity index (χ0n) is 5.58. The fourth-order valence-corrected chi connectivity index (χ4v) is 0.630. The van der Waals surface area contributed by atoms with Crippen molar-refractivity contribution in [3.8, 4) is 0 Å². The second-order valence-corrected chi connectivity index (χ2v) is 1.78. The van der Waals surface area contributed by atoms with E-state index in [1.54, 1.807) is 10.6 Å². The second-order valence-electron chi connectivity index (χ2n) is 1.78. The maximum atomic E-state index is 6.69. The maximum Gasteiger partial charge on any atom is 0.349 e. The van der Waals surface area contributed by atoms with E-state index < -0.39 is 0 Å². The van der Waals surface area contributed by atoms with E-state index in [1.165, 1.54) is 0 Å². The monoisotopic (exact) mass is 157 g/mol. The van der Waals surface area contributed by atoms with Gasteiger partial charge in [0.25, 0.3) is 0 Å². The summed E-state index contributed by atoms with van der Waals surface area (Å²) in [6.45, 7) is 0. The molecule has 0 atom stereocenters. The van der Waals surface area contributed by atoms with Crippen LogP contribution in [0.15, 0.2) is 29.5 Å². The fraction of sp³-hybridized carbons (Fsp3) is 0.167. The van der Waals surface area contributed by atoms with Crippen molar-refractivity contribution in [1.82, 2.24) is 0 Å². The molecule has 10 heavy (non-hydrogen) atoms. The summed E-state index contributed by atoms with van der Waals surface area (Å²) in [7, 11) is 1.85. The lowest BCUT2D eigenvalue weighted by molar-refractivity contribution is -0.658. The minimum absolute atomic E-state index is 0. The third-order valence-corrected chi connectivity index (χ3v) is 1.14. The third kappa shape index (κ3) is 1.77. The quantitative estimate of drug-likeness (QED) is 0.369. The highest BCUT2D eigenvalue weighted by Crippen LogP contribution is 1.99. The molecule has 0 saturated heterocycles. The van der Waals surface area contributed by atoms with Crippen LogP contribution in [0.2, 0.25) is 0 Å². The van der Waals surface area contributed by atoms with Crippen LogP contribution in [-0.4, -0.2) is 0 Å². The smallest absolute Gasteiger partial charge is 0.349 e. The summed E-state index contributed by atoms with van der Waals surface area (Å²) in [4.78, 5) is 0. The van der Waals surface area contributed by atoms with E-state index >= 15 is 0 Å². The Balaban J connectivity index is 0.000000810. The summed E-state index contributed by atoms with van der Waals surface area (Å²) in [6.07, 6.45) is 1.85. The zero-order chi connectivity index (χ0) is 6.69. The molecule has 54 valence electrons. The molecule has 4 heteroatoms. The molecular weight excluding hydrogens is 150 g/mol. The topological polar surface area (TPSA) is 40.1 Å². The van der Waals surface area contributed by atoms with Gasteiger partial charge in [0.15, 0.2) is 0 Å². The van der Waals surface area contributed by atoms with Gasteiger partial charge in [-0.3, -0.25) is 0 Å². The molecule has 3 nitrogen and oxygen atoms in total. The Morgan fingerprint density at radius 2 is 2.20 bits per heavy atom. The number of pyridine rings is 1. The highest BCUT2D eigenvalue weighted by atomic mass is 35.5. The number of halogens is 1. The van der Waals surface area contributed by atoms with E-state index in [2.05, 4.69) is 5.11 Å². The molecule has 0 fully saturated rings. The Morgan fingerprint density at radius 1 is 1.50 bits per heavy atom. The van der Waals surface area contributed by atoms with Crippen molar-refractivity contribution in [2.24, 2.45) is 12.2 Å². The van der Waals surface area contributed by atoms with Gasteiger partial charge in [-0.25, -0.2) is 4.57 Å². The molecule has 1 rings (SSSR count). The lowest BCUT2D eigenvalue weighted by Crippen LogP contribution is -3.00. The maximum absolute atomic E-state index is 6.69. The van der Waals surface area contributed by atoms with Gasteiger partial charge in [-0.2, -0.15) is 0 Å². The number of hydrogen-bond donors (Lipinski definition) is 1. The van der Waals surface area contributed by atoms with Gasteiger partial charge in [-0.1, -0.05) is 11.6 Å². The number of hydrogen-bond acceptors (Lipinski definition) is 2. The molecule has 0 spiro atoms. The van der Waals surface area contributed by atoms with E-state index in [1.807, 2.05) is 25.4 Å². The molecule has 0 aliphatic carbocycles. The van der Waals surface area contributed by atoms with E-state index in [-0.39, 0.29) is 12.4 Å². The number of rotatable bonds is 1. The van der Waals surface area contributed by atoms with Crippen LogP contribution in [0.4, 0.5) is 5.82 Å². The molecular formula is C6H8ClN3. The van der Waals surface area contributed by atoms with Crippen molar-refractivity contribution in [1.29, 1.82) is 5.53 Å². The standard InChI is InChI=1S/C6H8N3.ClH/c1-9-5-3-2-4-6(9)8-7;/h2-5,7H,1H3;1H/q+1;/p-1. The molecule has 1 N–H and O–H groups in total. The zero-order valence-corrected chi connectivity index (χ0v) is 6.34. The molecule has 1 aromatic heterocycles. The number of nitrogens with zero attached hydrogens (tertiary/aromatic N) is 2. The van der Waals surface area contributed by atoms with Crippen LogP contribution >= 0.6 is 0 Å². The molecule has 0 unspecified atom stereocenters. The Morgan fingerprint density at radius 3 is 2.60 bits per heavy atom. The van der Waals surface area contributed by atoms with Crippen LogP contribution in [0, 0.1) is 5.53 Å². The van der Waals surface area contributed by atoms with Crippen molar-refractivity contribution in [2.45, 2.75) is 0 Å². The summed E-state index contributed by atoms with van der Waals surface area (Å²) in [5, 5.41) is 3.28. The van der Waals surface area contributed by atoms with Crippen LogP contribution in [0.25, 0.3) is 0 Å². The Bertz CT molecular complexity index is 224. The summed E-state index contributed by atoms with van der Waals surface area (Å²) in [5.41, 5.74) is 6.69. The molecule has 1 aromatic rings. The van der Waals surface area contributed by atoms with E-state index in [9.17, 15) is 0 Å². The van der Waals surface area contributed by atoms with Gasteiger partial charge in [0.05, 0.1) is 18.4 Å². The van der Waals surface area contributed by atoms with Gasteiger partial charge >= 0.3 is 5.82 Å². The van der Waals surface area contributed by atoms with Crippen LogP contribution in [0.3, 0.4) is 0 Å². The van der Waals surface area contributed by atoms with E-state index in [4.69, 9.17) is 5.53 Å². The largest absolute Gasteiger partial charge is 1.00 e. The van der Waals surface area contributed by atoms with Crippen LogP contribution < -0.4 is 17.0 Å². The normalized spacial score (nSPS) is 8.10. The summed E-state index contributed by atoms with van der Waals surface area (Å²) >= 11 is 0. The van der Waals surface area contributed by atoms with Gasteiger partial charge in [0.2, 0.25) is 0 Å². The predicted octanol–water partition coefficient (Wildman–Crippen LogP) is -1.82. The predicted molar refractivity (Wildman–Crippen MR) is 32.4 cm³/mol. The third-order valence-electron chi connectivity index (χ3n) is 1.14. The van der Waals surface area contributed by atoms with Crippen LogP contribution in [0.5, 0.6) is 0 Å². The van der Waals surface area contributed by atoms with Gasteiger partial charge in [-0.05, 0) is 6.07 Å². The molecule has 0 aliphatic heterocycles. The van der Waals surface area contributed by atoms with Crippen molar-refractivity contribution in [2.75, 3.05) is 0 Å². The first-order valence-corrected chi connectivity index (χ1v) is 2.66. The van der Waals surface area contributed by atoms with Gasteiger partial charge in [-0.15, -0.1) is 0 Å². The first-order valence-electron chi connectivity index (χ1n) is 2.66. The lowest BCUT2D eigenvalue weighted by atomic mass is 10.4. The summed E-state index contributed by atoms with van der Waals surface area (Å²) in [5.74, 6) is 0.664. The van der Waals surface area contributed by atoms with Crippen LogP contribution in [0.1, 0.15) is 0 Å². The number of aromatic nitrogens is 1. The Labute approximate surface area is 65.6 Å². The molecule has 0 amide bonds.